The van der Waals surface area contributed by atoms with E-state index in [0.717, 1.165) is 41.2 Å². The number of nitrogens with zero attached hydrogens (tertiary/aromatic N) is 4. The molecule has 11 heteroatoms. The average molecular weight is 415 g/mol. The van der Waals surface area contributed by atoms with Gasteiger partial charge in [-0.3, -0.25) is 4.79 Å². The summed E-state index contributed by atoms with van der Waals surface area (Å²) in [6.07, 6.45) is -1.66. The van der Waals surface area contributed by atoms with E-state index in [1.807, 2.05) is 0 Å². The number of hydrogen-bond donors (Lipinski definition) is 1. The highest BCUT2D eigenvalue weighted by Crippen LogP contribution is 2.36. The molecule has 0 aliphatic heterocycles. The van der Waals surface area contributed by atoms with Crippen molar-refractivity contribution in [2.75, 3.05) is 0 Å². The molecule has 3 aromatic rings. The van der Waals surface area contributed by atoms with Crippen molar-refractivity contribution in [1.82, 2.24) is 24.7 Å². The third kappa shape index (κ3) is 3.38. The summed E-state index contributed by atoms with van der Waals surface area (Å²) in [5.74, 6) is 0.162. The number of aromatic amines is 1. The van der Waals surface area contributed by atoms with E-state index >= 15 is 0 Å². The zero-order valence-electron chi connectivity index (χ0n) is 14.6. The summed E-state index contributed by atoms with van der Waals surface area (Å²) in [6.45, 7) is 2.20. The first-order chi connectivity index (χ1) is 12.7. The topological polar surface area (TPSA) is 76.5 Å². The van der Waals surface area contributed by atoms with Gasteiger partial charge in [0.2, 0.25) is 5.82 Å². The molecule has 0 radical (unpaired) electrons. The van der Waals surface area contributed by atoms with Crippen LogP contribution >= 0.6 is 23.1 Å². The Kier molecular flexibility index (Phi) is 4.53. The van der Waals surface area contributed by atoms with Gasteiger partial charge in [0.25, 0.3) is 5.56 Å². The Labute approximate surface area is 160 Å². The van der Waals surface area contributed by atoms with Gasteiger partial charge in [0.1, 0.15) is 10.7 Å². The zero-order valence-corrected chi connectivity index (χ0v) is 16.2. The molecule has 0 unspecified atom stereocenters. The normalized spacial score (nSPS) is 17.4. The Morgan fingerprint density at radius 3 is 2.85 bits per heavy atom. The average Bonchev–Trinajstić information content (AvgIpc) is 3.12. The Hall–Kier alpha value is -1.88. The van der Waals surface area contributed by atoms with Crippen LogP contribution in [-0.2, 0) is 31.8 Å². The van der Waals surface area contributed by atoms with Crippen LogP contribution in [0.2, 0.25) is 0 Å². The standard InChI is InChI=1S/C16H16F3N5OS2/c1-7-3-4-8-9(5-7)27-13-11(8)12(25)20-10(21-13)6-26-15-23-22-14(24(15)2)16(17,18)19/h7H,3-6H2,1-2H3,(H,20,21,25)/t7-/m0/s1. The molecule has 0 bridgehead atoms. The largest absolute Gasteiger partial charge is 0.451 e. The predicted octanol–water partition coefficient (Wildman–Crippen LogP) is 3.55. The number of fused-ring (bicyclic) bond motifs is 3. The molecule has 0 fully saturated rings. The number of aromatic nitrogens is 5. The summed E-state index contributed by atoms with van der Waals surface area (Å²) >= 11 is 2.59. The lowest BCUT2D eigenvalue weighted by Gasteiger charge is -2.17. The summed E-state index contributed by atoms with van der Waals surface area (Å²) in [4.78, 5) is 21.8. The summed E-state index contributed by atoms with van der Waals surface area (Å²) in [6, 6.07) is 0. The highest BCUT2D eigenvalue weighted by atomic mass is 32.2. The van der Waals surface area contributed by atoms with Crippen molar-refractivity contribution in [2.45, 2.75) is 43.3 Å². The highest BCUT2D eigenvalue weighted by molar-refractivity contribution is 7.98. The molecular formula is C16H16F3N5OS2. The van der Waals surface area contributed by atoms with Crippen molar-refractivity contribution >= 4 is 33.3 Å². The summed E-state index contributed by atoms with van der Waals surface area (Å²) in [5.41, 5.74) is 0.917. The van der Waals surface area contributed by atoms with Crippen LogP contribution in [0.25, 0.3) is 10.2 Å². The quantitative estimate of drug-likeness (QED) is 0.662. The van der Waals surface area contributed by atoms with E-state index in [2.05, 4.69) is 27.1 Å². The molecule has 6 nitrogen and oxygen atoms in total. The minimum atomic E-state index is -4.56. The van der Waals surface area contributed by atoms with E-state index < -0.39 is 12.0 Å². The molecule has 144 valence electrons. The zero-order chi connectivity index (χ0) is 19.3. The van der Waals surface area contributed by atoms with Crippen molar-refractivity contribution in [3.05, 3.63) is 32.4 Å². The summed E-state index contributed by atoms with van der Waals surface area (Å²) in [7, 11) is 1.26. The molecule has 27 heavy (non-hydrogen) atoms. The van der Waals surface area contributed by atoms with E-state index in [0.29, 0.717) is 22.0 Å². The fraction of sp³-hybridized carbons (Fsp3) is 0.500. The van der Waals surface area contributed by atoms with Gasteiger partial charge in [-0.1, -0.05) is 18.7 Å². The number of halogens is 3. The van der Waals surface area contributed by atoms with Gasteiger partial charge in [0.15, 0.2) is 5.16 Å². The lowest BCUT2D eigenvalue weighted by Crippen LogP contribution is -2.14. The molecule has 0 saturated heterocycles. The highest BCUT2D eigenvalue weighted by Gasteiger charge is 2.37. The van der Waals surface area contributed by atoms with Gasteiger partial charge in [0, 0.05) is 11.9 Å². The maximum Gasteiger partial charge on any atom is 0.451 e. The molecule has 3 aromatic heterocycles. The smallest absolute Gasteiger partial charge is 0.309 e. The maximum atomic E-state index is 12.8. The third-order valence-electron chi connectivity index (χ3n) is 4.64. The molecule has 1 atom stereocenters. The first kappa shape index (κ1) is 18.5. The molecule has 0 aromatic carbocycles. The number of thioether (sulfide) groups is 1. The molecule has 1 N–H and O–H groups in total. The van der Waals surface area contributed by atoms with Crippen LogP contribution in [0.3, 0.4) is 0 Å². The van der Waals surface area contributed by atoms with Crippen LogP contribution in [0.5, 0.6) is 0 Å². The van der Waals surface area contributed by atoms with E-state index in [1.165, 1.54) is 11.9 Å². The SMILES string of the molecule is C[C@H]1CCc2c(sc3nc(CSc4nnc(C(F)(F)F)n4C)[nH]c(=O)c23)C1. The predicted molar refractivity (Wildman–Crippen MR) is 97.0 cm³/mol. The second kappa shape index (κ2) is 6.62. The van der Waals surface area contributed by atoms with E-state index in [1.54, 1.807) is 11.3 Å². The monoisotopic (exact) mass is 415 g/mol. The number of thiophene rings is 1. The van der Waals surface area contributed by atoms with Crippen LogP contribution in [0.4, 0.5) is 13.2 Å². The Morgan fingerprint density at radius 1 is 1.37 bits per heavy atom. The van der Waals surface area contributed by atoms with Gasteiger partial charge in [0.05, 0.1) is 11.1 Å². The number of alkyl halides is 3. The van der Waals surface area contributed by atoms with E-state index in [9.17, 15) is 18.0 Å². The molecule has 1 aliphatic carbocycles. The number of rotatable bonds is 3. The van der Waals surface area contributed by atoms with Gasteiger partial charge < -0.3 is 9.55 Å². The second-order valence-corrected chi connectivity index (χ2v) is 8.72. The number of hydrogen-bond acceptors (Lipinski definition) is 6. The summed E-state index contributed by atoms with van der Waals surface area (Å²) < 4.78 is 39.3. The fourth-order valence-electron chi connectivity index (χ4n) is 3.28. The van der Waals surface area contributed by atoms with Crippen molar-refractivity contribution in [2.24, 2.45) is 13.0 Å². The van der Waals surface area contributed by atoms with Crippen molar-refractivity contribution in [3.63, 3.8) is 0 Å². The van der Waals surface area contributed by atoms with Gasteiger partial charge in [-0.25, -0.2) is 4.98 Å². The molecule has 0 spiro atoms. The van der Waals surface area contributed by atoms with Crippen LogP contribution in [0.15, 0.2) is 9.95 Å². The van der Waals surface area contributed by atoms with Gasteiger partial charge in [-0.05, 0) is 30.7 Å². The number of aryl methyl sites for hydroxylation is 1. The van der Waals surface area contributed by atoms with E-state index in [4.69, 9.17) is 0 Å². The lowest BCUT2D eigenvalue weighted by atomic mass is 9.89. The molecule has 4 rings (SSSR count). The molecular weight excluding hydrogens is 399 g/mol. The van der Waals surface area contributed by atoms with Crippen molar-refractivity contribution < 1.29 is 13.2 Å². The van der Waals surface area contributed by atoms with Gasteiger partial charge in [-0.2, -0.15) is 13.2 Å². The Balaban J connectivity index is 1.60. The van der Waals surface area contributed by atoms with Crippen molar-refractivity contribution in [3.8, 4) is 0 Å². The molecule has 3 heterocycles. The Morgan fingerprint density at radius 2 is 2.15 bits per heavy atom. The third-order valence-corrected chi connectivity index (χ3v) is 6.82. The molecule has 0 amide bonds. The van der Waals surface area contributed by atoms with Gasteiger partial charge in [-0.15, -0.1) is 21.5 Å². The van der Waals surface area contributed by atoms with Crippen molar-refractivity contribution in [1.29, 1.82) is 0 Å². The minimum absolute atomic E-state index is 0.115. The molecule has 0 saturated carbocycles. The summed E-state index contributed by atoms with van der Waals surface area (Å²) in [5, 5.41) is 7.55. The van der Waals surface area contributed by atoms with Crippen LogP contribution < -0.4 is 5.56 Å². The number of H-pyrrole nitrogens is 1. The first-order valence-corrected chi connectivity index (χ1v) is 10.2. The molecule has 1 aliphatic rings. The van der Waals surface area contributed by atoms with Crippen LogP contribution in [0.1, 0.15) is 35.4 Å². The first-order valence-electron chi connectivity index (χ1n) is 8.37. The van der Waals surface area contributed by atoms with E-state index in [-0.39, 0.29) is 16.5 Å². The minimum Gasteiger partial charge on any atom is -0.309 e. The number of nitrogens with one attached hydrogen (secondary N) is 1. The van der Waals surface area contributed by atoms with Crippen LogP contribution in [-0.4, -0.2) is 24.7 Å². The van der Waals surface area contributed by atoms with Crippen LogP contribution in [0, 0.1) is 5.92 Å². The Bertz CT molecular complexity index is 1070. The van der Waals surface area contributed by atoms with Gasteiger partial charge >= 0.3 is 6.18 Å². The lowest BCUT2D eigenvalue weighted by molar-refractivity contribution is -0.147. The second-order valence-electron chi connectivity index (χ2n) is 6.70. The maximum absolute atomic E-state index is 12.8. The fourth-order valence-corrected chi connectivity index (χ4v) is 5.47.